The van der Waals surface area contributed by atoms with Gasteiger partial charge in [-0.15, -0.1) is 0 Å². The van der Waals surface area contributed by atoms with Crippen LogP contribution in [-0.2, 0) is 11.2 Å². The zero-order valence-electron chi connectivity index (χ0n) is 10.9. The van der Waals surface area contributed by atoms with Crippen molar-refractivity contribution in [1.29, 1.82) is 0 Å². The molecule has 0 amide bonds. The average molecular weight is 295 g/mol. The first-order valence-corrected chi connectivity index (χ1v) is 7.03. The molecule has 0 bridgehead atoms. The highest BCUT2D eigenvalue weighted by Gasteiger charge is 2.18. The summed E-state index contributed by atoms with van der Waals surface area (Å²) in [6.45, 7) is 0.808. The van der Waals surface area contributed by atoms with Gasteiger partial charge in [0.25, 0.3) is 5.89 Å². The third kappa shape index (κ3) is 2.94. The van der Waals surface area contributed by atoms with Crippen LogP contribution in [-0.4, -0.2) is 28.0 Å². The van der Waals surface area contributed by atoms with Crippen LogP contribution in [0.2, 0.25) is 5.02 Å². The molecule has 106 valence electrons. The third-order valence-electron chi connectivity index (χ3n) is 3.35. The monoisotopic (exact) mass is 294 g/mol. The minimum absolute atomic E-state index is 0.0331. The molecule has 2 heterocycles. The van der Waals surface area contributed by atoms with Gasteiger partial charge in [0.15, 0.2) is 5.82 Å². The van der Waals surface area contributed by atoms with E-state index in [4.69, 9.17) is 20.9 Å². The highest BCUT2D eigenvalue weighted by Crippen LogP contribution is 2.28. The molecule has 0 spiro atoms. The number of rotatable bonds is 3. The molecule has 1 atom stereocenters. The highest BCUT2D eigenvalue weighted by atomic mass is 35.5. The molecule has 1 aliphatic heterocycles. The summed E-state index contributed by atoms with van der Waals surface area (Å²) >= 11 is 5.87. The van der Waals surface area contributed by atoms with Crippen molar-refractivity contribution < 1.29 is 14.4 Å². The molecule has 1 aliphatic rings. The van der Waals surface area contributed by atoms with Gasteiger partial charge in [-0.2, -0.15) is 4.98 Å². The highest BCUT2D eigenvalue weighted by molar-refractivity contribution is 6.32. The van der Waals surface area contributed by atoms with Gasteiger partial charge in [-0.25, -0.2) is 0 Å². The van der Waals surface area contributed by atoms with Gasteiger partial charge in [0.05, 0.1) is 11.1 Å². The van der Waals surface area contributed by atoms with Gasteiger partial charge in [-0.05, 0) is 37.5 Å². The van der Waals surface area contributed by atoms with Crippen LogP contribution in [0.5, 0.6) is 5.75 Å². The SMILES string of the molecule is Oc1ccc(-c2nc(CC3CCCCO3)no2)cc1Cl. The molecule has 1 aromatic heterocycles. The topological polar surface area (TPSA) is 68.4 Å². The fraction of sp³-hybridized carbons (Fsp3) is 0.429. The maximum atomic E-state index is 9.40. The Morgan fingerprint density at radius 1 is 1.35 bits per heavy atom. The molecule has 1 unspecified atom stereocenters. The molecule has 20 heavy (non-hydrogen) atoms. The van der Waals surface area contributed by atoms with Crippen molar-refractivity contribution >= 4 is 11.6 Å². The summed E-state index contributed by atoms with van der Waals surface area (Å²) in [4.78, 5) is 4.35. The second kappa shape index (κ2) is 5.81. The second-order valence-electron chi connectivity index (χ2n) is 4.87. The lowest BCUT2D eigenvalue weighted by molar-refractivity contribution is 0.0153. The van der Waals surface area contributed by atoms with Gasteiger partial charge in [0.2, 0.25) is 0 Å². The zero-order chi connectivity index (χ0) is 13.9. The average Bonchev–Trinajstić information content (AvgIpc) is 2.91. The van der Waals surface area contributed by atoms with Crippen LogP contribution in [0.3, 0.4) is 0 Å². The van der Waals surface area contributed by atoms with E-state index in [1.54, 1.807) is 12.1 Å². The van der Waals surface area contributed by atoms with Crippen LogP contribution in [0.1, 0.15) is 25.1 Å². The van der Waals surface area contributed by atoms with E-state index in [0.717, 1.165) is 19.4 Å². The van der Waals surface area contributed by atoms with E-state index in [9.17, 15) is 5.11 Å². The van der Waals surface area contributed by atoms with E-state index in [0.29, 0.717) is 23.7 Å². The summed E-state index contributed by atoms with van der Waals surface area (Å²) in [5.74, 6) is 1.07. The molecule has 1 aromatic carbocycles. The van der Waals surface area contributed by atoms with Crippen LogP contribution in [0.15, 0.2) is 22.7 Å². The summed E-state index contributed by atoms with van der Waals surface area (Å²) in [6.07, 6.45) is 4.19. The lowest BCUT2D eigenvalue weighted by atomic mass is 10.1. The van der Waals surface area contributed by atoms with E-state index < -0.39 is 0 Å². The molecule has 6 heteroatoms. The van der Waals surface area contributed by atoms with Crippen LogP contribution < -0.4 is 0 Å². The van der Waals surface area contributed by atoms with Crippen LogP contribution in [0, 0.1) is 0 Å². The lowest BCUT2D eigenvalue weighted by Gasteiger charge is -2.20. The maximum Gasteiger partial charge on any atom is 0.257 e. The molecule has 0 saturated carbocycles. The number of phenolic OH excluding ortho intramolecular Hbond substituents is 1. The molecular formula is C14H15ClN2O3. The Kier molecular flexibility index (Phi) is 3.89. The van der Waals surface area contributed by atoms with E-state index in [1.807, 2.05) is 0 Å². The number of hydrogen-bond donors (Lipinski definition) is 1. The van der Waals surface area contributed by atoms with Crippen LogP contribution >= 0.6 is 11.6 Å². The number of ether oxygens (including phenoxy) is 1. The molecule has 1 N–H and O–H groups in total. The molecular weight excluding hydrogens is 280 g/mol. The maximum absolute atomic E-state index is 9.40. The first-order valence-electron chi connectivity index (χ1n) is 6.65. The number of aromatic hydroxyl groups is 1. The number of aromatic nitrogens is 2. The molecule has 0 aliphatic carbocycles. The number of phenols is 1. The van der Waals surface area contributed by atoms with Crippen molar-refractivity contribution in [1.82, 2.24) is 10.1 Å². The Bertz CT molecular complexity index is 594. The van der Waals surface area contributed by atoms with Crippen molar-refractivity contribution in [2.24, 2.45) is 0 Å². The van der Waals surface area contributed by atoms with E-state index >= 15 is 0 Å². The summed E-state index contributed by atoms with van der Waals surface area (Å²) in [7, 11) is 0. The minimum atomic E-state index is 0.0331. The lowest BCUT2D eigenvalue weighted by Crippen LogP contribution is -2.21. The van der Waals surface area contributed by atoms with Crippen LogP contribution in [0.25, 0.3) is 11.5 Å². The Labute approximate surface area is 121 Å². The van der Waals surface area contributed by atoms with Crippen molar-refractivity contribution in [2.45, 2.75) is 31.8 Å². The van der Waals surface area contributed by atoms with Gasteiger partial charge in [0, 0.05) is 18.6 Å². The largest absolute Gasteiger partial charge is 0.506 e. The molecule has 2 aromatic rings. The quantitative estimate of drug-likeness (QED) is 0.941. The van der Waals surface area contributed by atoms with Crippen molar-refractivity contribution in [2.75, 3.05) is 6.61 Å². The molecule has 5 nitrogen and oxygen atoms in total. The van der Waals surface area contributed by atoms with Gasteiger partial charge in [0.1, 0.15) is 5.75 Å². The van der Waals surface area contributed by atoms with Gasteiger partial charge < -0.3 is 14.4 Å². The zero-order valence-corrected chi connectivity index (χ0v) is 11.6. The summed E-state index contributed by atoms with van der Waals surface area (Å²) < 4.78 is 10.9. The van der Waals surface area contributed by atoms with Crippen molar-refractivity contribution in [3.05, 3.63) is 29.0 Å². The fourth-order valence-electron chi connectivity index (χ4n) is 2.27. The van der Waals surface area contributed by atoms with E-state index in [1.165, 1.54) is 12.5 Å². The van der Waals surface area contributed by atoms with Crippen LogP contribution in [0.4, 0.5) is 0 Å². The molecule has 1 saturated heterocycles. The van der Waals surface area contributed by atoms with Crippen molar-refractivity contribution in [3.8, 4) is 17.2 Å². The van der Waals surface area contributed by atoms with Gasteiger partial charge in [-0.1, -0.05) is 16.8 Å². The smallest absolute Gasteiger partial charge is 0.257 e. The number of benzene rings is 1. The minimum Gasteiger partial charge on any atom is -0.506 e. The summed E-state index contributed by atoms with van der Waals surface area (Å²) in [6, 6.07) is 4.80. The van der Waals surface area contributed by atoms with Crippen molar-refractivity contribution in [3.63, 3.8) is 0 Å². The predicted molar refractivity (Wildman–Crippen MR) is 73.7 cm³/mol. The Morgan fingerprint density at radius 3 is 3.00 bits per heavy atom. The Morgan fingerprint density at radius 2 is 2.25 bits per heavy atom. The number of halogens is 1. The first-order chi connectivity index (χ1) is 9.72. The van der Waals surface area contributed by atoms with Gasteiger partial charge >= 0.3 is 0 Å². The number of hydrogen-bond acceptors (Lipinski definition) is 5. The normalized spacial score (nSPS) is 19.1. The molecule has 0 radical (unpaired) electrons. The van der Waals surface area contributed by atoms with E-state index in [2.05, 4.69) is 10.1 Å². The Hall–Kier alpha value is -1.59. The Balaban J connectivity index is 1.73. The molecule has 3 rings (SSSR count). The third-order valence-corrected chi connectivity index (χ3v) is 3.65. The summed E-state index contributed by atoms with van der Waals surface area (Å²) in [5, 5.41) is 13.6. The fourth-order valence-corrected chi connectivity index (χ4v) is 2.45. The molecule has 1 fully saturated rings. The van der Waals surface area contributed by atoms with Gasteiger partial charge in [-0.3, -0.25) is 0 Å². The summed E-state index contributed by atoms with van der Waals surface area (Å²) in [5.41, 5.74) is 0.691. The first kappa shape index (κ1) is 13.4. The number of nitrogens with zero attached hydrogens (tertiary/aromatic N) is 2. The predicted octanol–water partition coefficient (Wildman–Crippen LogP) is 3.21. The second-order valence-corrected chi connectivity index (χ2v) is 5.28. The standard InChI is InChI=1S/C14H15ClN2O3/c15-11-7-9(4-5-12(11)18)14-16-13(17-20-14)8-10-3-1-2-6-19-10/h4-5,7,10,18H,1-3,6,8H2. The van der Waals surface area contributed by atoms with E-state index in [-0.39, 0.29) is 16.9 Å².